The summed E-state index contributed by atoms with van der Waals surface area (Å²) >= 11 is 0. The predicted octanol–water partition coefficient (Wildman–Crippen LogP) is 4.26. The number of para-hydroxylation sites is 1. The summed E-state index contributed by atoms with van der Waals surface area (Å²) in [5.74, 6) is 0. The molecule has 1 aromatic heterocycles. The second-order valence-electron chi connectivity index (χ2n) is 6.86. The van der Waals surface area contributed by atoms with Gasteiger partial charge in [0.2, 0.25) is 0 Å². The normalized spacial score (nSPS) is 11.6. The van der Waals surface area contributed by atoms with Crippen LogP contribution in [-0.2, 0) is 10.0 Å². The van der Waals surface area contributed by atoms with E-state index in [0.717, 1.165) is 11.1 Å². The summed E-state index contributed by atoms with van der Waals surface area (Å²) in [5, 5.41) is 3.73. The molecule has 0 fully saturated rings. The van der Waals surface area contributed by atoms with Crippen molar-refractivity contribution < 1.29 is 12.8 Å². The molecule has 0 saturated heterocycles. The zero-order valence-electron chi connectivity index (χ0n) is 16.6. The average molecular weight is 401 g/mol. The molecule has 6 nitrogen and oxygen atoms in total. The lowest BCUT2D eigenvalue weighted by Crippen LogP contribution is -2.22. The smallest absolute Gasteiger partial charge is 0.363 e. The van der Waals surface area contributed by atoms with E-state index in [1.54, 1.807) is 38.1 Å². The Morgan fingerprint density at radius 3 is 2.18 bits per heavy atom. The van der Waals surface area contributed by atoms with Gasteiger partial charge in [0.15, 0.2) is 5.69 Å². The van der Waals surface area contributed by atoms with Crippen molar-refractivity contribution in [3.05, 3.63) is 63.0 Å². The molecular formula is C21H24N2O4S. The lowest BCUT2D eigenvalue weighted by Gasteiger charge is -2.18. The summed E-state index contributed by atoms with van der Waals surface area (Å²) in [5.41, 5.74) is 3.03. The van der Waals surface area contributed by atoms with Crippen LogP contribution in [0.2, 0.25) is 0 Å². The van der Waals surface area contributed by atoms with Crippen molar-refractivity contribution in [1.82, 2.24) is 0 Å². The van der Waals surface area contributed by atoms with Crippen LogP contribution in [0, 0.1) is 27.7 Å². The van der Waals surface area contributed by atoms with Gasteiger partial charge in [-0.25, -0.2) is 13.2 Å². The zero-order chi connectivity index (χ0) is 20.6. The molecular weight excluding hydrogens is 376 g/mol. The van der Waals surface area contributed by atoms with Crippen LogP contribution in [0.3, 0.4) is 0 Å². The minimum atomic E-state index is -4.00. The second-order valence-corrected chi connectivity index (χ2v) is 8.48. The Kier molecular flexibility index (Phi) is 5.21. The SMILES string of the molecule is CCNc1c(NS(=O)(=O)c2c(C)c(C)cc(C)c2C)c(=O)oc2ccccc12. The molecule has 148 valence electrons. The molecule has 28 heavy (non-hydrogen) atoms. The molecule has 0 amide bonds. The third-order valence-electron chi connectivity index (χ3n) is 4.97. The predicted molar refractivity (Wildman–Crippen MR) is 113 cm³/mol. The van der Waals surface area contributed by atoms with Gasteiger partial charge in [-0.2, -0.15) is 0 Å². The first-order valence-electron chi connectivity index (χ1n) is 9.07. The summed E-state index contributed by atoms with van der Waals surface area (Å²) < 4.78 is 34.4. The molecule has 2 aromatic carbocycles. The van der Waals surface area contributed by atoms with Crippen LogP contribution in [0.15, 0.2) is 44.4 Å². The largest absolute Gasteiger partial charge is 0.421 e. The van der Waals surface area contributed by atoms with E-state index in [1.165, 1.54) is 0 Å². The molecule has 0 radical (unpaired) electrons. The second kappa shape index (κ2) is 7.31. The van der Waals surface area contributed by atoms with Gasteiger partial charge in [0.1, 0.15) is 5.58 Å². The maximum Gasteiger partial charge on any atom is 0.363 e. The van der Waals surface area contributed by atoms with Crippen molar-refractivity contribution in [2.45, 2.75) is 39.5 Å². The molecule has 3 rings (SSSR count). The van der Waals surface area contributed by atoms with Crippen LogP contribution >= 0.6 is 0 Å². The zero-order valence-corrected chi connectivity index (χ0v) is 17.5. The van der Waals surface area contributed by atoms with Crippen LogP contribution in [0.1, 0.15) is 29.2 Å². The van der Waals surface area contributed by atoms with Gasteiger partial charge in [-0.05, 0) is 69.0 Å². The first-order valence-corrected chi connectivity index (χ1v) is 10.6. The number of anilines is 2. The molecule has 0 spiro atoms. The van der Waals surface area contributed by atoms with Gasteiger partial charge in [-0.1, -0.05) is 18.2 Å². The van der Waals surface area contributed by atoms with E-state index < -0.39 is 15.6 Å². The highest BCUT2D eigenvalue weighted by molar-refractivity contribution is 7.92. The van der Waals surface area contributed by atoms with Crippen molar-refractivity contribution >= 4 is 32.4 Å². The minimum absolute atomic E-state index is 0.112. The van der Waals surface area contributed by atoms with E-state index >= 15 is 0 Å². The lowest BCUT2D eigenvalue weighted by atomic mass is 10.0. The Balaban J connectivity index is 2.25. The number of hydrogen-bond donors (Lipinski definition) is 2. The van der Waals surface area contributed by atoms with E-state index in [1.807, 2.05) is 26.8 Å². The fourth-order valence-electron chi connectivity index (χ4n) is 3.37. The lowest BCUT2D eigenvalue weighted by molar-refractivity contribution is 0.563. The maximum absolute atomic E-state index is 13.3. The van der Waals surface area contributed by atoms with E-state index in [4.69, 9.17) is 4.42 Å². The molecule has 0 bridgehead atoms. The number of hydrogen-bond acceptors (Lipinski definition) is 5. The molecule has 0 aliphatic heterocycles. The van der Waals surface area contributed by atoms with Crippen LogP contribution in [-0.4, -0.2) is 15.0 Å². The Morgan fingerprint density at radius 1 is 0.964 bits per heavy atom. The summed E-state index contributed by atoms with van der Waals surface area (Å²) in [6.07, 6.45) is 0. The number of rotatable bonds is 5. The number of aryl methyl sites for hydroxylation is 2. The highest BCUT2D eigenvalue weighted by atomic mass is 32.2. The highest BCUT2D eigenvalue weighted by Crippen LogP contribution is 2.32. The maximum atomic E-state index is 13.3. The Hall–Kier alpha value is -2.80. The monoisotopic (exact) mass is 400 g/mol. The minimum Gasteiger partial charge on any atom is -0.421 e. The molecule has 0 aliphatic carbocycles. The van der Waals surface area contributed by atoms with Gasteiger partial charge in [0.25, 0.3) is 10.0 Å². The number of sulfonamides is 1. The standard InChI is InChI=1S/C21H24N2O4S/c1-6-22-18-16-9-7-8-10-17(16)27-21(24)19(18)23-28(25,26)20-14(4)12(2)11-13(3)15(20)5/h7-11,22-23H,6H2,1-5H3. The highest BCUT2D eigenvalue weighted by Gasteiger charge is 2.26. The van der Waals surface area contributed by atoms with E-state index in [9.17, 15) is 13.2 Å². The van der Waals surface area contributed by atoms with Gasteiger partial charge in [-0.15, -0.1) is 0 Å². The van der Waals surface area contributed by atoms with Crippen molar-refractivity contribution in [1.29, 1.82) is 0 Å². The van der Waals surface area contributed by atoms with Crippen molar-refractivity contribution in [3.8, 4) is 0 Å². The van der Waals surface area contributed by atoms with Gasteiger partial charge in [-0.3, -0.25) is 4.72 Å². The van der Waals surface area contributed by atoms with Crippen LogP contribution in [0.25, 0.3) is 11.0 Å². The van der Waals surface area contributed by atoms with Crippen molar-refractivity contribution in [3.63, 3.8) is 0 Å². The molecule has 1 heterocycles. The topological polar surface area (TPSA) is 88.4 Å². The molecule has 0 aliphatic rings. The van der Waals surface area contributed by atoms with Gasteiger partial charge < -0.3 is 9.73 Å². The molecule has 0 saturated carbocycles. The summed E-state index contributed by atoms with van der Waals surface area (Å²) in [6.45, 7) is 9.67. The number of fused-ring (bicyclic) bond motifs is 1. The van der Waals surface area contributed by atoms with Crippen LogP contribution < -0.4 is 15.7 Å². The van der Waals surface area contributed by atoms with E-state index in [0.29, 0.717) is 34.3 Å². The number of benzene rings is 2. The summed E-state index contributed by atoms with van der Waals surface area (Å²) in [7, 11) is -4.00. The number of nitrogens with one attached hydrogen (secondary N) is 2. The molecule has 0 atom stereocenters. The molecule has 3 aromatic rings. The third kappa shape index (κ3) is 3.38. The third-order valence-corrected chi connectivity index (χ3v) is 6.59. The van der Waals surface area contributed by atoms with Crippen LogP contribution in [0.5, 0.6) is 0 Å². The van der Waals surface area contributed by atoms with E-state index in [2.05, 4.69) is 10.0 Å². The Bertz CT molecular complexity index is 1200. The van der Waals surface area contributed by atoms with Gasteiger partial charge in [0.05, 0.1) is 10.6 Å². The fraction of sp³-hybridized carbons (Fsp3) is 0.286. The Morgan fingerprint density at radius 2 is 1.57 bits per heavy atom. The van der Waals surface area contributed by atoms with Crippen LogP contribution in [0.4, 0.5) is 11.4 Å². The first-order chi connectivity index (χ1) is 13.2. The fourth-order valence-corrected chi connectivity index (χ4v) is 5.06. The summed E-state index contributed by atoms with van der Waals surface area (Å²) in [6, 6.07) is 8.97. The Labute approximate surface area is 164 Å². The first kappa shape index (κ1) is 19.9. The van der Waals surface area contributed by atoms with Gasteiger partial charge >= 0.3 is 5.63 Å². The molecule has 7 heteroatoms. The average Bonchev–Trinajstić information content (AvgIpc) is 2.63. The van der Waals surface area contributed by atoms with Crippen molar-refractivity contribution in [2.24, 2.45) is 0 Å². The summed E-state index contributed by atoms with van der Waals surface area (Å²) in [4.78, 5) is 12.8. The van der Waals surface area contributed by atoms with Gasteiger partial charge in [0, 0.05) is 11.9 Å². The van der Waals surface area contributed by atoms with Crippen molar-refractivity contribution in [2.75, 3.05) is 16.6 Å². The molecule has 0 unspecified atom stereocenters. The quantitative estimate of drug-likeness (QED) is 0.625. The molecule has 2 N–H and O–H groups in total. The van der Waals surface area contributed by atoms with E-state index in [-0.39, 0.29) is 10.6 Å².